The number of pyridine rings is 1. The number of benzene rings is 2. The molecule has 4 N–H and O–H groups in total. The van der Waals surface area contributed by atoms with E-state index in [2.05, 4.69) is 4.98 Å². The summed E-state index contributed by atoms with van der Waals surface area (Å²) in [5.41, 5.74) is 4.27. The van der Waals surface area contributed by atoms with Crippen molar-refractivity contribution < 1.29 is 78.8 Å². The maximum Gasteiger partial charge on any atom is 0.337 e. The molecule has 0 aliphatic carbocycles. The van der Waals surface area contributed by atoms with E-state index in [-0.39, 0.29) is 83.3 Å². The summed E-state index contributed by atoms with van der Waals surface area (Å²) >= 11 is 0. The van der Waals surface area contributed by atoms with Crippen LogP contribution in [0.3, 0.4) is 0 Å². The van der Waals surface area contributed by atoms with Gasteiger partial charge in [0.1, 0.15) is 11.4 Å². The first-order chi connectivity index (χ1) is 14.3. The largest absolute Gasteiger partial charge is 0.478 e. The van der Waals surface area contributed by atoms with Crippen LogP contribution in [0.4, 0.5) is 11.4 Å². The van der Waals surface area contributed by atoms with E-state index in [0.717, 1.165) is 4.90 Å². The molecule has 2 amide bonds. The van der Waals surface area contributed by atoms with Crippen LogP contribution >= 0.6 is 0 Å². The second-order valence-corrected chi connectivity index (χ2v) is 6.06. The van der Waals surface area contributed by atoms with Gasteiger partial charge < -0.3 is 15.9 Å². The molecular formula is C21H15EuN3O6. The molecule has 0 aliphatic rings. The predicted molar refractivity (Wildman–Crippen MR) is 106 cm³/mol. The molecule has 3 aromatic rings. The summed E-state index contributed by atoms with van der Waals surface area (Å²) < 4.78 is 0. The Morgan fingerprint density at radius 1 is 0.710 bits per heavy atom. The van der Waals surface area contributed by atoms with Crippen molar-refractivity contribution in [2.75, 3.05) is 4.90 Å². The molecule has 1 aromatic heterocycles. The molecule has 1 radical (unpaired) electrons. The molecule has 0 bridgehead atoms. The van der Waals surface area contributed by atoms with Gasteiger partial charge in [0.25, 0.3) is 11.8 Å². The number of nitrogens with two attached hydrogens (primary N) is 1. The van der Waals surface area contributed by atoms with Gasteiger partial charge in [-0.05, 0) is 36.4 Å². The molecule has 0 spiro atoms. The normalized spacial score (nSPS) is 9.94. The van der Waals surface area contributed by atoms with Crippen LogP contribution in [0.25, 0.3) is 0 Å². The van der Waals surface area contributed by atoms with Crippen molar-refractivity contribution in [3.8, 4) is 0 Å². The maximum absolute atomic E-state index is 13.4. The second-order valence-electron chi connectivity index (χ2n) is 6.06. The molecule has 157 valence electrons. The molecule has 1 heterocycles. The second kappa shape index (κ2) is 10.4. The number of carboxylic acid groups (broad SMARTS) is 2. The number of primary amides is 1. The summed E-state index contributed by atoms with van der Waals surface area (Å²) in [6.45, 7) is 0. The molecule has 0 aliphatic heterocycles. The van der Waals surface area contributed by atoms with Crippen LogP contribution in [0.1, 0.15) is 41.7 Å². The number of carboxylic acids is 2. The van der Waals surface area contributed by atoms with Crippen LogP contribution in [-0.2, 0) is 0 Å². The third-order valence-electron chi connectivity index (χ3n) is 4.17. The molecule has 0 fully saturated rings. The van der Waals surface area contributed by atoms with Gasteiger partial charge in [-0.3, -0.25) is 14.5 Å². The minimum absolute atomic E-state index is 0. The number of carbonyl (C=O) groups is 4. The van der Waals surface area contributed by atoms with E-state index in [9.17, 15) is 29.4 Å². The minimum Gasteiger partial charge on any atom is -0.478 e. The van der Waals surface area contributed by atoms with Crippen LogP contribution in [0.15, 0.2) is 66.7 Å². The van der Waals surface area contributed by atoms with Crippen LogP contribution in [0.5, 0.6) is 0 Å². The summed E-state index contributed by atoms with van der Waals surface area (Å²) in [7, 11) is 0. The molecule has 31 heavy (non-hydrogen) atoms. The van der Waals surface area contributed by atoms with Gasteiger partial charge in [-0.2, -0.15) is 0 Å². The number of aromatic nitrogens is 1. The zero-order valence-corrected chi connectivity index (χ0v) is 18.2. The van der Waals surface area contributed by atoms with Gasteiger partial charge in [-0.15, -0.1) is 0 Å². The van der Waals surface area contributed by atoms with E-state index in [1.54, 1.807) is 0 Å². The van der Waals surface area contributed by atoms with Crippen LogP contribution in [0.2, 0.25) is 0 Å². The molecule has 0 atom stereocenters. The molecular weight excluding hydrogens is 542 g/mol. The minimum atomic E-state index is -1.31. The fourth-order valence-electron chi connectivity index (χ4n) is 2.85. The number of aromatic carboxylic acids is 2. The van der Waals surface area contributed by atoms with Gasteiger partial charge in [0.15, 0.2) is 0 Å². The number of hydrogen-bond donors (Lipinski definition) is 3. The van der Waals surface area contributed by atoms with E-state index < -0.39 is 23.8 Å². The molecule has 3 rings (SSSR count). The van der Waals surface area contributed by atoms with Crippen LogP contribution in [0, 0.1) is 49.4 Å². The van der Waals surface area contributed by atoms with Crippen molar-refractivity contribution in [1.82, 2.24) is 4.98 Å². The zero-order valence-electron chi connectivity index (χ0n) is 15.7. The zero-order chi connectivity index (χ0) is 21.8. The smallest absolute Gasteiger partial charge is 0.337 e. The average molecular weight is 557 g/mol. The Labute approximate surface area is 217 Å². The quantitative estimate of drug-likeness (QED) is 0.422. The Bertz CT molecular complexity index is 1120. The van der Waals surface area contributed by atoms with Crippen molar-refractivity contribution in [2.24, 2.45) is 5.73 Å². The number of anilines is 2. The SMILES string of the molecule is NC(=O)c1cccc(C(=O)N(c2ccccc2C(=O)O)c2ccccc2C(=O)O)n1.[Eu]. The van der Waals surface area contributed by atoms with Gasteiger partial charge in [0.2, 0.25) is 0 Å². The van der Waals surface area contributed by atoms with Crippen LogP contribution in [-0.4, -0.2) is 39.0 Å². The molecule has 2 aromatic carbocycles. The number of nitrogens with zero attached hydrogens (tertiary/aromatic N) is 2. The average Bonchev–Trinajstić information content (AvgIpc) is 2.74. The Balaban J connectivity index is 0.00000341. The number of rotatable bonds is 6. The number of para-hydroxylation sites is 2. The Morgan fingerprint density at radius 3 is 1.61 bits per heavy atom. The van der Waals surface area contributed by atoms with Crippen LogP contribution < -0.4 is 10.6 Å². The molecule has 0 saturated heterocycles. The van der Waals surface area contributed by atoms with E-state index in [4.69, 9.17) is 5.73 Å². The Hall–Kier alpha value is -2.95. The summed E-state index contributed by atoms with van der Waals surface area (Å²) in [5, 5.41) is 19.2. The van der Waals surface area contributed by atoms with Crippen molar-refractivity contribution in [2.45, 2.75) is 0 Å². The van der Waals surface area contributed by atoms with E-state index in [0.29, 0.717) is 0 Å². The first-order valence-corrected chi connectivity index (χ1v) is 8.57. The molecule has 0 unspecified atom stereocenters. The fourth-order valence-corrected chi connectivity index (χ4v) is 2.85. The molecule has 9 nitrogen and oxygen atoms in total. The summed E-state index contributed by atoms with van der Waals surface area (Å²) in [5.74, 6) is -4.31. The fraction of sp³-hybridized carbons (Fsp3) is 0. The van der Waals surface area contributed by atoms with Crippen molar-refractivity contribution in [3.05, 3.63) is 89.2 Å². The third kappa shape index (κ3) is 5.22. The van der Waals surface area contributed by atoms with Gasteiger partial charge in [-0.25, -0.2) is 14.6 Å². The van der Waals surface area contributed by atoms with E-state index in [1.807, 2.05) is 0 Å². The molecule has 10 heteroatoms. The predicted octanol–water partition coefficient (Wildman–Crippen LogP) is 2.56. The van der Waals surface area contributed by atoms with Crippen molar-refractivity contribution in [1.29, 1.82) is 0 Å². The first-order valence-electron chi connectivity index (χ1n) is 8.57. The summed E-state index contributed by atoms with van der Waals surface area (Å²) in [6, 6.07) is 15.3. The van der Waals surface area contributed by atoms with Crippen molar-refractivity contribution in [3.63, 3.8) is 0 Å². The third-order valence-corrected chi connectivity index (χ3v) is 4.17. The first kappa shape index (κ1) is 24.3. The standard InChI is InChI=1S/C21H15N3O6.Eu/c22-18(25)14-8-5-9-15(23-14)19(26)24(16-10-3-1-6-12(16)20(27)28)17-11-4-2-7-13(17)21(29)30;/h1-11H,(H2,22,25)(H,27,28)(H,29,30);. The maximum atomic E-state index is 13.4. The summed E-state index contributed by atoms with van der Waals surface area (Å²) in [6.07, 6.45) is 0. The van der Waals surface area contributed by atoms with Gasteiger partial charge in [0, 0.05) is 49.4 Å². The Morgan fingerprint density at radius 2 is 1.16 bits per heavy atom. The summed E-state index contributed by atoms with van der Waals surface area (Å²) in [4.78, 5) is 53.2. The Kier molecular flexibility index (Phi) is 8.15. The molecule has 0 saturated carbocycles. The van der Waals surface area contributed by atoms with Gasteiger partial charge in [0.05, 0.1) is 22.5 Å². The number of hydrogen-bond acceptors (Lipinski definition) is 5. The monoisotopic (exact) mass is 558 g/mol. The van der Waals surface area contributed by atoms with Crippen molar-refractivity contribution >= 4 is 35.1 Å². The van der Waals surface area contributed by atoms with Gasteiger partial charge >= 0.3 is 11.9 Å². The number of amides is 2. The topological polar surface area (TPSA) is 151 Å². The number of carbonyl (C=O) groups excluding carboxylic acids is 2. The van der Waals surface area contributed by atoms with Gasteiger partial charge in [-0.1, -0.05) is 30.3 Å². The van der Waals surface area contributed by atoms with E-state index in [1.165, 1.54) is 66.7 Å². The van der Waals surface area contributed by atoms with E-state index >= 15 is 0 Å².